The molecule has 0 saturated heterocycles. The van der Waals surface area contributed by atoms with Gasteiger partial charge in [0, 0.05) is 10.4 Å². The van der Waals surface area contributed by atoms with Gasteiger partial charge in [-0.3, -0.25) is 18.0 Å². The average molecular weight is 276 g/mol. The maximum atomic E-state index is 9.56. The fraction of sp³-hybridized carbons (Fsp3) is 0.667. The third-order valence-electron chi connectivity index (χ3n) is 0.781. The molecule has 0 saturated carbocycles. The van der Waals surface area contributed by atoms with E-state index in [0.717, 1.165) is 0 Å². The first-order valence-corrected chi connectivity index (χ1v) is 5.56. The van der Waals surface area contributed by atoms with Gasteiger partial charge in [0.05, 0.1) is 25.9 Å². The number of aliphatic carboxylic acids is 2. The molecule has 0 amide bonds. The predicted molar refractivity (Wildman–Crippen MR) is 50.5 cm³/mol. The van der Waals surface area contributed by atoms with Crippen LogP contribution in [0.1, 0.15) is 12.8 Å². The van der Waals surface area contributed by atoms with Crippen molar-refractivity contribution in [1.29, 1.82) is 0 Å². The molecule has 0 radical (unpaired) electrons. The van der Waals surface area contributed by atoms with Crippen LogP contribution in [-0.4, -0.2) is 52.8 Å². The molecule has 0 bridgehead atoms. The van der Waals surface area contributed by atoms with Gasteiger partial charge < -0.3 is 30.8 Å². The lowest BCUT2D eigenvalue weighted by Gasteiger charge is -2.06. The number of carbonyl (C=O) groups is 2. The van der Waals surface area contributed by atoms with Gasteiger partial charge in [-0.2, -0.15) is 0 Å². The zero-order chi connectivity index (χ0) is 14.5. The average Bonchev–Trinajstić information content (AvgIpc) is 2.00. The van der Waals surface area contributed by atoms with Crippen molar-refractivity contribution in [3.05, 3.63) is 0 Å². The molecule has 0 spiro atoms. The number of carboxylic acids is 2. The minimum atomic E-state index is -5.17. The van der Waals surface area contributed by atoms with Crippen molar-refractivity contribution in [1.82, 2.24) is 0 Å². The minimum absolute atomic E-state index is 0.181. The summed E-state index contributed by atoms with van der Waals surface area (Å²) in [4.78, 5) is 19.1. The molecule has 10 nitrogen and oxygen atoms in total. The normalized spacial score (nSPS) is 9.18. The number of rotatable bonds is 4. The van der Waals surface area contributed by atoms with Gasteiger partial charge in [0.1, 0.15) is 0 Å². The van der Waals surface area contributed by atoms with E-state index in [2.05, 4.69) is 11.5 Å². The summed E-state index contributed by atoms with van der Waals surface area (Å²) in [7, 11) is -5.17. The van der Waals surface area contributed by atoms with Crippen LogP contribution in [0.15, 0.2) is 0 Å². The van der Waals surface area contributed by atoms with Crippen LogP contribution in [0.5, 0.6) is 0 Å². The second-order valence-corrected chi connectivity index (χ2v) is 3.22. The van der Waals surface area contributed by atoms with Crippen LogP contribution >= 0.6 is 0 Å². The maximum Gasteiger partial charge on any atom is 0.309 e. The van der Waals surface area contributed by atoms with Crippen LogP contribution in [-0.2, 0) is 20.0 Å². The first kappa shape index (κ1) is 21.1. The van der Waals surface area contributed by atoms with Crippen molar-refractivity contribution in [3.63, 3.8) is 0 Å². The SMILES string of the molecule is O=S(=O)([O-])[O-].[NH3+]CCC(=O)O.[NH3+]CCC(=O)O. The zero-order valence-electron chi connectivity index (χ0n) is 8.99. The third-order valence-corrected chi connectivity index (χ3v) is 0.781. The molecule has 0 unspecified atom stereocenters. The molecule has 0 aliphatic rings. The second-order valence-electron chi connectivity index (χ2n) is 2.40. The number of carboxylic acid groups (broad SMARTS) is 2. The standard InChI is InChI=1S/2C3H7NO2.H2O4S/c2*4-2-1-3(5)6;1-5(2,3)4/h2*1-2,4H2,(H,5,6);(H2,1,2,3,4). The Bertz CT molecular complexity index is 277. The summed E-state index contributed by atoms with van der Waals surface area (Å²) in [6.45, 7) is 0.963. The highest BCUT2D eigenvalue weighted by atomic mass is 32.3. The van der Waals surface area contributed by atoms with Gasteiger partial charge in [-0.15, -0.1) is 0 Å². The largest absolute Gasteiger partial charge is 0.759 e. The van der Waals surface area contributed by atoms with E-state index in [9.17, 15) is 9.59 Å². The molecule has 0 aliphatic carbocycles. The maximum absolute atomic E-state index is 9.56. The molecule has 8 N–H and O–H groups in total. The van der Waals surface area contributed by atoms with Gasteiger partial charge in [0.25, 0.3) is 0 Å². The quantitative estimate of drug-likeness (QED) is 0.293. The van der Waals surface area contributed by atoms with E-state index in [0.29, 0.717) is 13.1 Å². The summed E-state index contributed by atoms with van der Waals surface area (Å²) in [6.07, 6.45) is 0.361. The van der Waals surface area contributed by atoms with Crippen LogP contribution in [0.2, 0.25) is 0 Å². The van der Waals surface area contributed by atoms with Crippen LogP contribution < -0.4 is 11.5 Å². The van der Waals surface area contributed by atoms with Crippen LogP contribution in [0, 0.1) is 0 Å². The van der Waals surface area contributed by atoms with Gasteiger partial charge in [-0.05, 0) is 0 Å². The van der Waals surface area contributed by atoms with E-state index in [1.54, 1.807) is 0 Å². The van der Waals surface area contributed by atoms with Gasteiger partial charge >= 0.3 is 11.9 Å². The fourth-order valence-electron chi connectivity index (χ4n) is 0.302. The third kappa shape index (κ3) is 107. The Balaban J connectivity index is -0.000000174. The lowest BCUT2D eigenvalue weighted by molar-refractivity contribution is -0.367. The first-order valence-electron chi connectivity index (χ1n) is 4.23. The van der Waals surface area contributed by atoms with Gasteiger partial charge in [0.2, 0.25) is 0 Å². The van der Waals surface area contributed by atoms with E-state index < -0.39 is 22.3 Å². The summed E-state index contributed by atoms with van der Waals surface area (Å²) in [6, 6.07) is 0. The van der Waals surface area contributed by atoms with E-state index in [4.69, 9.17) is 27.7 Å². The van der Waals surface area contributed by atoms with E-state index in [-0.39, 0.29) is 12.8 Å². The summed E-state index contributed by atoms with van der Waals surface area (Å²) in [5, 5.41) is 15.7. The Morgan fingerprint density at radius 1 is 0.941 bits per heavy atom. The highest BCUT2D eigenvalue weighted by molar-refractivity contribution is 7.79. The summed E-state index contributed by atoms with van der Waals surface area (Å²) in [5.41, 5.74) is 6.69. The van der Waals surface area contributed by atoms with E-state index in [1.807, 2.05) is 0 Å². The molecular formula is C6H16N2O8S. The molecule has 0 aromatic heterocycles. The first-order chi connectivity index (χ1) is 7.54. The summed E-state index contributed by atoms with van der Waals surface area (Å²) in [5.74, 6) is -1.55. The van der Waals surface area contributed by atoms with E-state index in [1.165, 1.54) is 0 Å². The number of quaternary nitrogens is 2. The van der Waals surface area contributed by atoms with Crippen molar-refractivity contribution < 1.29 is 48.8 Å². The molecule has 0 fully saturated rings. The Kier molecular flexibility index (Phi) is 15.9. The highest BCUT2D eigenvalue weighted by Crippen LogP contribution is 1.66. The predicted octanol–water partition coefficient (Wildman–Crippen LogP) is -3.93. The number of hydrogen-bond donors (Lipinski definition) is 4. The lowest BCUT2D eigenvalue weighted by Crippen LogP contribution is -2.50. The monoisotopic (exact) mass is 276 g/mol. The summed E-state index contributed by atoms with van der Waals surface area (Å²) < 4.78 is 34.1. The number of hydrogen-bond acceptors (Lipinski definition) is 6. The van der Waals surface area contributed by atoms with Crippen molar-refractivity contribution in [2.75, 3.05) is 13.1 Å². The second kappa shape index (κ2) is 12.8. The Hall–Kier alpha value is -1.27. The molecule has 0 rings (SSSR count). The molecule has 0 atom stereocenters. The molecule has 17 heavy (non-hydrogen) atoms. The van der Waals surface area contributed by atoms with Crippen molar-refractivity contribution >= 4 is 22.3 Å². The van der Waals surface area contributed by atoms with Crippen molar-refractivity contribution in [2.24, 2.45) is 0 Å². The molecule has 0 aromatic carbocycles. The van der Waals surface area contributed by atoms with Gasteiger partial charge in [-0.25, -0.2) is 0 Å². The minimum Gasteiger partial charge on any atom is -0.759 e. The molecule has 104 valence electrons. The fourth-order valence-corrected chi connectivity index (χ4v) is 0.302. The van der Waals surface area contributed by atoms with Crippen molar-refractivity contribution in [2.45, 2.75) is 12.8 Å². The molecule has 11 heteroatoms. The van der Waals surface area contributed by atoms with Gasteiger partial charge in [-0.1, -0.05) is 0 Å². The van der Waals surface area contributed by atoms with E-state index >= 15 is 0 Å². The van der Waals surface area contributed by atoms with Crippen LogP contribution in [0.25, 0.3) is 0 Å². The zero-order valence-corrected chi connectivity index (χ0v) is 9.81. The highest BCUT2D eigenvalue weighted by Gasteiger charge is 1.90. The smallest absolute Gasteiger partial charge is 0.309 e. The lowest BCUT2D eigenvalue weighted by atomic mass is 10.5. The molecular weight excluding hydrogens is 260 g/mol. The summed E-state index contributed by atoms with van der Waals surface area (Å²) >= 11 is 0. The molecule has 0 aliphatic heterocycles. The topological polar surface area (TPSA) is 210 Å². The van der Waals surface area contributed by atoms with Crippen LogP contribution in [0.4, 0.5) is 0 Å². The van der Waals surface area contributed by atoms with Crippen LogP contribution in [0.3, 0.4) is 0 Å². The van der Waals surface area contributed by atoms with Gasteiger partial charge in [0.15, 0.2) is 0 Å². The van der Waals surface area contributed by atoms with Crippen molar-refractivity contribution in [3.8, 4) is 0 Å². The Morgan fingerprint density at radius 3 is 1.12 bits per heavy atom. The Labute approximate surface area is 97.8 Å². The molecule has 0 heterocycles. The Morgan fingerprint density at radius 2 is 1.12 bits per heavy atom. The molecule has 0 aromatic rings.